The van der Waals surface area contributed by atoms with E-state index in [2.05, 4.69) is 55.3 Å². The minimum atomic E-state index is 0.436. The lowest BCUT2D eigenvalue weighted by Crippen LogP contribution is -2.28. The van der Waals surface area contributed by atoms with E-state index in [4.69, 9.17) is 0 Å². The standard InChI is InChI=1S/C19H32N2/c1-4-13-20-16(3)18-10-6-7-11-19(18)21-14-8-9-17(5-2)12-15-21/h6-7,10-11,16-17,20H,4-5,8-9,12-15H2,1-3H3. The van der Waals surface area contributed by atoms with Gasteiger partial charge in [-0.3, -0.25) is 0 Å². The maximum atomic E-state index is 3.64. The van der Waals surface area contributed by atoms with Crippen molar-refractivity contribution in [2.75, 3.05) is 24.5 Å². The second kappa shape index (κ2) is 8.43. The van der Waals surface area contributed by atoms with Crippen molar-refractivity contribution in [3.05, 3.63) is 29.8 Å². The molecular weight excluding hydrogens is 256 g/mol. The number of nitrogens with zero attached hydrogens (tertiary/aromatic N) is 1. The predicted octanol–water partition coefficient (Wildman–Crippen LogP) is 4.76. The van der Waals surface area contributed by atoms with Crippen LogP contribution in [0.2, 0.25) is 0 Å². The zero-order chi connectivity index (χ0) is 15.1. The Kier molecular flexibility index (Phi) is 6.56. The smallest absolute Gasteiger partial charge is 0.0414 e. The van der Waals surface area contributed by atoms with Gasteiger partial charge in [-0.15, -0.1) is 0 Å². The largest absolute Gasteiger partial charge is 0.371 e. The molecule has 0 aromatic heterocycles. The zero-order valence-electron chi connectivity index (χ0n) is 14.1. The monoisotopic (exact) mass is 288 g/mol. The first-order valence-corrected chi connectivity index (χ1v) is 8.83. The summed E-state index contributed by atoms with van der Waals surface area (Å²) in [7, 11) is 0. The lowest BCUT2D eigenvalue weighted by Gasteiger charge is -2.28. The Morgan fingerprint density at radius 2 is 2.00 bits per heavy atom. The quantitative estimate of drug-likeness (QED) is 0.811. The van der Waals surface area contributed by atoms with Crippen LogP contribution in [0.25, 0.3) is 0 Å². The van der Waals surface area contributed by atoms with E-state index in [0.717, 1.165) is 12.5 Å². The Morgan fingerprint density at radius 3 is 2.76 bits per heavy atom. The molecule has 2 nitrogen and oxygen atoms in total. The van der Waals surface area contributed by atoms with E-state index >= 15 is 0 Å². The van der Waals surface area contributed by atoms with Crippen LogP contribution in [-0.2, 0) is 0 Å². The summed E-state index contributed by atoms with van der Waals surface area (Å²) >= 11 is 0. The Balaban J connectivity index is 2.11. The van der Waals surface area contributed by atoms with Crippen LogP contribution in [0.15, 0.2) is 24.3 Å². The van der Waals surface area contributed by atoms with Gasteiger partial charge in [-0.25, -0.2) is 0 Å². The van der Waals surface area contributed by atoms with Crippen LogP contribution in [0.5, 0.6) is 0 Å². The second-order valence-electron chi connectivity index (χ2n) is 6.43. The predicted molar refractivity (Wildman–Crippen MR) is 93.0 cm³/mol. The summed E-state index contributed by atoms with van der Waals surface area (Å²) in [6, 6.07) is 9.41. The van der Waals surface area contributed by atoms with Crippen molar-refractivity contribution in [2.45, 2.75) is 58.9 Å². The highest BCUT2D eigenvalue weighted by Gasteiger charge is 2.19. The van der Waals surface area contributed by atoms with Gasteiger partial charge in [0.15, 0.2) is 0 Å². The molecule has 0 amide bonds. The van der Waals surface area contributed by atoms with Gasteiger partial charge in [0.1, 0.15) is 0 Å². The van der Waals surface area contributed by atoms with Crippen LogP contribution in [0.3, 0.4) is 0 Å². The summed E-state index contributed by atoms with van der Waals surface area (Å²) < 4.78 is 0. The highest BCUT2D eigenvalue weighted by atomic mass is 15.1. The third-order valence-electron chi connectivity index (χ3n) is 4.87. The summed E-state index contributed by atoms with van der Waals surface area (Å²) in [5.74, 6) is 0.929. The lowest BCUT2D eigenvalue weighted by atomic mass is 9.98. The molecule has 1 aromatic rings. The minimum Gasteiger partial charge on any atom is -0.371 e. The number of rotatable bonds is 6. The molecule has 0 aliphatic carbocycles. The second-order valence-corrected chi connectivity index (χ2v) is 6.43. The average molecular weight is 288 g/mol. The van der Waals surface area contributed by atoms with Crippen LogP contribution in [0.1, 0.15) is 64.5 Å². The maximum Gasteiger partial charge on any atom is 0.0414 e. The van der Waals surface area contributed by atoms with Crippen molar-refractivity contribution in [1.29, 1.82) is 0 Å². The Hall–Kier alpha value is -1.02. The maximum absolute atomic E-state index is 3.64. The first-order valence-electron chi connectivity index (χ1n) is 8.83. The number of benzene rings is 1. The van der Waals surface area contributed by atoms with E-state index in [1.54, 1.807) is 0 Å². The molecule has 21 heavy (non-hydrogen) atoms. The van der Waals surface area contributed by atoms with Crippen LogP contribution in [0.4, 0.5) is 5.69 Å². The molecule has 1 aliphatic rings. The summed E-state index contributed by atoms with van der Waals surface area (Å²) in [4.78, 5) is 2.62. The minimum absolute atomic E-state index is 0.436. The molecule has 1 N–H and O–H groups in total. The molecule has 0 saturated carbocycles. The Bertz CT molecular complexity index is 416. The summed E-state index contributed by atoms with van der Waals surface area (Å²) in [5.41, 5.74) is 2.91. The normalized spacial score (nSPS) is 21.1. The Morgan fingerprint density at radius 1 is 1.19 bits per heavy atom. The molecule has 1 fully saturated rings. The molecule has 0 spiro atoms. The molecule has 2 atom stereocenters. The first kappa shape index (κ1) is 16.4. The van der Waals surface area contributed by atoms with Crippen molar-refractivity contribution in [3.63, 3.8) is 0 Å². The fourth-order valence-electron chi connectivity index (χ4n) is 3.43. The van der Waals surface area contributed by atoms with E-state index in [1.165, 1.54) is 56.4 Å². The Labute approximate surface area is 130 Å². The van der Waals surface area contributed by atoms with E-state index in [1.807, 2.05) is 0 Å². The van der Waals surface area contributed by atoms with Crippen LogP contribution in [-0.4, -0.2) is 19.6 Å². The molecular formula is C19H32N2. The molecule has 2 heteroatoms. The van der Waals surface area contributed by atoms with E-state index < -0.39 is 0 Å². The topological polar surface area (TPSA) is 15.3 Å². The van der Waals surface area contributed by atoms with Gasteiger partial charge in [0.05, 0.1) is 0 Å². The lowest BCUT2D eigenvalue weighted by molar-refractivity contribution is 0.459. The van der Waals surface area contributed by atoms with Gasteiger partial charge in [0, 0.05) is 24.8 Å². The molecule has 0 radical (unpaired) electrons. The van der Waals surface area contributed by atoms with Crippen molar-refractivity contribution < 1.29 is 0 Å². The molecule has 1 aromatic carbocycles. The SMILES string of the molecule is CCCNC(C)c1ccccc1N1CCCC(CC)CC1. The van der Waals surface area contributed by atoms with Crippen molar-refractivity contribution in [3.8, 4) is 0 Å². The van der Waals surface area contributed by atoms with Crippen molar-refractivity contribution in [2.24, 2.45) is 5.92 Å². The van der Waals surface area contributed by atoms with Gasteiger partial charge in [-0.1, -0.05) is 38.5 Å². The number of hydrogen-bond acceptors (Lipinski definition) is 2. The van der Waals surface area contributed by atoms with Gasteiger partial charge in [-0.2, -0.15) is 0 Å². The summed E-state index contributed by atoms with van der Waals surface area (Å²) in [5, 5.41) is 3.64. The van der Waals surface area contributed by atoms with Crippen LogP contribution in [0, 0.1) is 5.92 Å². The molecule has 2 rings (SSSR count). The molecule has 1 saturated heterocycles. The zero-order valence-corrected chi connectivity index (χ0v) is 14.1. The molecule has 2 unspecified atom stereocenters. The molecule has 0 bridgehead atoms. The van der Waals surface area contributed by atoms with Crippen molar-refractivity contribution in [1.82, 2.24) is 5.32 Å². The molecule has 1 heterocycles. The first-order chi connectivity index (χ1) is 10.3. The van der Waals surface area contributed by atoms with Gasteiger partial charge in [0.25, 0.3) is 0 Å². The number of nitrogens with one attached hydrogen (secondary N) is 1. The van der Waals surface area contributed by atoms with E-state index in [-0.39, 0.29) is 0 Å². The van der Waals surface area contributed by atoms with Gasteiger partial charge < -0.3 is 10.2 Å². The third-order valence-corrected chi connectivity index (χ3v) is 4.87. The summed E-state index contributed by atoms with van der Waals surface area (Å²) in [6.45, 7) is 10.4. The number of anilines is 1. The van der Waals surface area contributed by atoms with Gasteiger partial charge >= 0.3 is 0 Å². The van der Waals surface area contributed by atoms with Crippen LogP contribution < -0.4 is 10.2 Å². The summed E-state index contributed by atoms with van der Waals surface area (Å²) in [6.07, 6.45) is 6.61. The fraction of sp³-hybridized carbons (Fsp3) is 0.684. The number of hydrogen-bond donors (Lipinski definition) is 1. The molecule has 118 valence electrons. The van der Waals surface area contributed by atoms with E-state index in [9.17, 15) is 0 Å². The third kappa shape index (κ3) is 4.47. The number of para-hydroxylation sites is 1. The van der Waals surface area contributed by atoms with Crippen LogP contribution >= 0.6 is 0 Å². The highest BCUT2D eigenvalue weighted by molar-refractivity contribution is 5.55. The highest BCUT2D eigenvalue weighted by Crippen LogP contribution is 2.30. The van der Waals surface area contributed by atoms with Gasteiger partial charge in [-0.05, 0) is 56.7 Å². The van der Waals surface area contributed by atoms with Crippen molar-refractivity contribution >= 4 is 5.69 Å². The van der Waals surface area contributed by atoms with E-state index in [0.29, 0.717) is 6.04 Å². The average Bonchev–Trinajstić information content (AvgIpc) is 2.78. The fourth-order valence-corrected chi connectivity index (χ4v) is 3.43. The molecule has 1 aliphatic heterocycles. The van der Waals surface area contributed by atoms with Gasteiger partial charge in [0.2, 0.25) is 0 Å².